The number of fused-ring (bicyclic) bond motifs is 1. The molecule has 16 heavy (non-hydrogen) atoms. The minimum atomic E-state index is -9.64. The highest BCUT2D eigenvalue weighted by Crippen LogP contribution is 3.02. The number of anilines is 1. The minimum Gasteiger partial charge on any atom is -0.326 e. The van der Waals surface area contributed by atoms with Crippen LogP contribution in [0, 0.1) is 0 Å². The van der Waals surface area contributed by atoms with Crippen molar-refractivity contribution in [1.82, 2.24) is 0 Å². The predicted molar refractivity (Wildman–Crippen MR) is 50.2 cm³/mol. The van der Waals surface area contributed by atoms with Crippen molar-refractivity contribution in [2.45, 2.75) is 11.3 Å². The van der Waals surface area contributed by atoms with Crippen molar-refractivity contribution < 1.29 is 24.2 Å². The largest absolute Gasteiger partial charge is 0.326 e. The lowest BCUT2D eigenvalue weighted by molar-refractivity contribution is -0.115. The molecule has 1 aromatic carbocycles. The van der Waals surface area contributed by atoms with E-state index < -0.39 is 21.0 Å². The third kappa shape index (κ3) is 1.97. The fourth-order valence-corrected chi connectivity index (χ4v) is 2.14. The Morgan fingerprint density at radius 2 is 1.75 bits per heavy atom. The fraction of sp³-hybridized carbons (Fsp3) is 0.125. The van der Waals surface area contributed by atoms with E-state index in [1.54, 1.807) is 0 Å². The second kappa shape index (κ2) is 2.34. The number of rotatable bonds is 1. The Morgan fingerprint density at radius 3 is 2.31 bits per heavy atom. The van der Waals surface area contributed by atoms with Crippen LogP contribution in [0.25, 0.3) is 0 Å². The van der Waals surface area contributed by atoms with E-state index in [0.717, 1.165) is 6.07 Å². The summed E-state index contributed by atoms with van der Waals surface area (Å²) in [5.41, 5.74) is 0.0892. The molecule has 8 heteroatoms. The molecule has 0 aromatic heterocycles. The van der Waals surface area contributed by atoms with Crippen LogP contribution in [0.15, 0.2) is 23.1 Å². The summed E-state index contributed by atoms with van der Waals surface area (Å²) in [6.45, 7) is 0. The predicted octanol–water partition coefficient (Wildman–Crippen LogP) is 3.84. The normalized spacial score (nSPS) is 19.7. The van der Waals surface area contributed by atoms with Gasteiger partial charge < -0.3 is 5.32 Å². The Labute approximate surface area is 87.2 Å². The Kier molecular flexibility index (Phi) is 1.64. The van der Waals surface area contributed by atoms with Gasteiger partial charge in [0.05, 0.1) is 6.42 Å². The average molecular weight is 259 g/mol. The summed E-state index contributed by atoms with van der Waals surface area (Å²) in [6.07, 6.45) is -0.309. The maximum Gasteiger partial charge on any atom is 0.310 e. The molecular formula is C8H6F5NOS. The van der Waals surface area contributed by atoms with Crippen LogP contribution in [0.4, 0.5) is 25.1 Å². The zero-order valence-electron chi connectivity index (χ0n) is 7.65. The number of carbonyl (C=O) groups excluding carboxylic acids is 1. The molecule has 0 atom stereocenters. The van der Waals surface area contributed by atoms with Crippen LogP contribution in [0.5, 0.6) is 0 Å². The highest BCUT2D eigenvalue weighted by molar-refractivity contribution is 8.45. The van der Waals surface area contributed by atoms with Crippen molar-refractivity contribution in [2.24, 2.45) is 0 Å². The molecule has 1 aromatic rings. The zero-order valence-corrected chi connectivity index (χ0v) is 8.46. The second-order valence-corrected chi connectivity index (χ2v) is 5.92. The van der Waals surface area contributed by atoms with Crippen LogP contribution in [0.1, 0.15) is 5.56 Å². The molecule has 2 nitrogen and oxygen atoms in total. The van der Waals surface area contributed by atoms with E-state index in [-0.39, 0.29) is 23.7 Å². The standard InChI is InChI=1S/C8H6F5NOS/c9-16(10,11,12,13)6-1-2-7-5(3-6)4-8(15)14-7/h1-3H,4H2,(H,14,15). The van der Waals surface area contributed by atoms with Crippen LogP contribution in [0.3, 0.4) is 0 Å². The van der Waals surface area contributed by atoms with E-state index in [9.17, 15) is 24.2 Å². The number of halogens is 5. The first-order valence-corrected chi connectivity index (χ1v) is 6.08. The van der Waals surface area contributed by atoms with E-state index in [4.69, 9.17) is 0 Å². The summed E-state index contributed by atoms with van der Waals surface area (Å²) in [7, 11) is -9.64. The maximum absolute atomic E-state index is 12.4. The Bertz CT molecular complexity index is 494. The first-order chi connectivity index (χ1) is 6.95. The molecule has 1 N–H and O–H groups in total. The van der Waals surface area contributed by atoms with Crippen molar-refractivity contribution >= 4 is 21.8 Å². The SMILES string of the molecule is O=C1Cc2cc(S(F)(F)(F)(F)F)ccc2N1. The van der Waals surface area contributed by atoms with Gasteiger partial charge in [-0.25, -0.2) is 0 Å². The number of hydrogen-bond acceptors (Lipinski definition) is 1. The number of hydrogen-bond donors (Lipinski definition) is 1. The second-order valence-electron chi connectivity index (χ2n) is 3.51. The van der Waals surface area contributed by atoms with E-state index in [1.165, 1.54) is 0 Å². The monoisotopic (exact) mass is 259 g/mol. The number of carbonyl (C=O) groups is 1. The molecule has 90 valence electrons. The molecule has 0 aliphatic carbocycles. The molecule has 0 radical (unpaired) electrons. The van der Waals surface area contributed by atoms with E-state index in [0.29, 0.717) is 6.07 Å². The van der Waals surface area contributed by atoms with Gasteiger partial charge in [-0.2, -0.15) is 0 Å². The molecule has 0 fully saturated rings. The average Bonchev–Trinajstić information content (AvgIpc) is 2.38. The number of amides is 1. The van der Waals surface area contributed by atoms with Crippen LogP contribution in [-0.2, 0) is 11.2 Å². The van der Waals surface area contributed by atoms with Crippen LogP contribution >= 0.6 is 10.2 Å². The van der Waals surface area contributed by atoms with Crippen LogP contribution in [0.2, 0.25) is 0 Å². The van der Waals surface area contributed by atoms with Crippen molar-refractivity contribution in [1.29, 1.82) is 0 Å². The molecule has 2 rings (SSSR count). The Hall–Kier alpha value is -1.31. The van der Waals surface area contributed by atoms with Crippen molar-refractivity contribution in [3.8, 4) is 0 Å². The van der Waals surface area contributed by atoms with Crippen molar-refractivity contribution in [2.75, 3.05) is 5.32 Å². The van der Waals surface area contributed by atoms with Crippen LogP contribution < -0.4 is 5.32 Å². The minimum absolute atomic E-state index is 0.0595. The van der Waals surface area contributed by atoms with Gasteiger partial charge in [-0.1, -0.05) is 19.4 Å². The van der Waals surface area contributed by atoms with Gasteiger partial charge in [-0.3, -0.25) is 4.79 Å². The van der Waals surface area contributed by atoms with E-state index in [2.05, 4.69) is 5.32 Å². The van der Waals surface area contributed by atoms with Gasteiger partial charge in [0.25, 0.3) is 0 Å². The zero-order chi connectivity index (χ0) is 12.3. The van der Waals surface area contributed by atoms with Crippen molar-refractivity contribution in [3.63, 3.8) is 0 Å². The third-order valence-corrected chi connectivity index (χ3v) is 3.29. The molecule has 1 amide bonds. The molecule has 0 spiro atoms. The van der Waals surface area contributed by atoms with E-state index in [1.807, 2.05) is 0 Å². The van der Waals surface area contributed by atoms with Gasteiger partial charge in [0.15, 0.2) is 0 Å². The molecule has 0 saturated carbocycles. The van der Waals surface area contributed by atoms with Gasteiger partial charge in [0.1, 0.15) is 4.90 Å². The summed E-state index contributed by atoms with van der Waals surface area (Å²) in [5.74, 6) is -0.505. The molecule has 1 heterocycles. The number of nitrogens with one attached hydrogen (secondary N) is 1. The quantitative estimate of drug-likeness (QED) is 0.763. The summed E-state index contributed by atoms with van der Waals surface area (Å²) < 4.78 is 62.0. The van der Waals surface area contributed by atoms with Gasteiger partial charge >= 0.3 is 10.2 Å². The molecule has 1 aliphatic heterocycles. The van der Waals surface area contributed by atoms with E-state index >= 15 is 0 Å². The summed E-state index contributed by atoms with van der Waals surface area (Å²) in [4.78, 5) is 8.89. The Morgan fingerprint density at radius 1 is 1.12 bits per heavy atom. The molecule has 0 saturated heterocycles. The lowest BCUT2D eigenvalue weighted by atomic mass is 10.2. The van der Waals surface area contributed by atoms with Gasteiger partial charge in [0, 0.05) is 5.69 Å². The fourth-order valence-electron chi connectivity index (χ4n) is 1.45. The highest BCUT2D eigenvalue weighted by Gasteiger charge is 2.65. The van der Waals surface area contributed by atoms with Crippen molar-refractivity contribution in [3.05, 3.63) is 23.8 Å². The first kappa shape index (κ1) is 11.2. The van der Waals surface area contributed by atoms with Gasteiger partial charge in [-0.05, 0) is 23.8 Å². The molecular weight excluding hydrogens is 253 g/mol. The number of benzene rings is 1. The van der Waals surface area contributed by atoms with Gasteiger partial charge in [0.2, 0.25) is 5.91 Å². The maximum atomic E-state index is 12.4. The molecule has 1 aliphatic rings. The highest BCUT2D eigenvalue weighted by atomic mass is 32.5. The lowest BCUT2D eigenvalue weighted by Crippen LogP contribution is -2.06. The topological polar surface area (TPSA) is 29.1 Å². The van der Waals surface area contributed by atoms with Crippen LogP contribution in [-0.4, -0.2) is 5.91 Å². The molecule has 0 unspecified atom stereocenters. The molecule has 0 bridgehead atoms. The third-order valence-electron chi connectivity index (χ3n) is 2.15. The summed E-state index contributed by atoms with van der Waals surface area (Å²) in [6, 6.07) is 1.45. The lowest BCUT2D eigenvalue weighted by Gasteiger charge is -2.40. The summed E-state index contributed by atoms with van der Waals surface area (Å²) in [5, 5.41) is 2.26. The Balaban J connectivity index is 2.58. The summed E-state index contributed by atoms with van der Waals surface area (Å²) >= 11 is 0. The first-order valence-electron chi connectivity index (χ1n) is 4.12. The smallest absolute Gasteiger partial charge is 0.310 e. The van der Waals surface area contributed by atoms with Gasteiger partial charge in [-0.15, -0.1) is 0 Å².